The van der Waals surface area contributed by atoms with Crippen LogP contribution in [-0.2, 0) is 4.79 Å². The maximum atomic E-state index is 11.5. The Balaban J connectivity index is 1.98. The van der Waals surface area contributed by atoms with Crippen molar-refractivity contribution in [3.8, 4) is 0 Å². The zero-order valence-electron chi connectivity index (χ0n) is 8.41. The fourth-order valence-corrected chi connectivity index (χ4v) is 2.69. The van der Waals surface area contributed by atoms with E-state index in [2.05, 4.69) is 4.90 Å². The van der Waals surface area contributed by atoms with Gasteiger partial charge in [0.2, 0.25) is 5.91 Å². The van der Waals surface area contributed by atoms with Gasteiger partial charge in [-0.15, -0.1) is 11.6 Å². The lowest BCUT2D eigenvalue weighted by Crippen LogP contribution is -2.40. The summed E-state index contributed by atoms with van der Waals surface area (Å²) < 4.78 is 0. The minimum absolute atomic E-state index is 0.0976. The second-order valence-corrected chi connectivity index (χ2v) is 4.43. The maximum absolute atomic E-state index is 11.5. The van der Waals surface area contributed by atoms with Crippen LogP contribution in [0.3, 0.4) is 0 Å². The van der Waals surface area contributed by atoms with Crippen molar-refractivity contribution in [3.05, 3.63) is 0 Å². The summed E-state index contributed by atoms with van der Waals surface area (Å²) in [6, 6.07) is 0.602. The lowest BCUT2D eigenvalue weighted by atomic mass is 10.2. The summed E-state index contributed by atoms with van der Waals surface area (Å²) in [7, 11) is 0. The smallest absolute Gasteiger partial charge is 0.237 e. The van der Waals surface area contributed by atoms with Crippen LogP contribution < -0.4 is 0 Å². The van der Waals surface area contributed by atoms with Gasteiger partial charge in [-0.05, 0) is 25.8 Å². The molecule has 1 amide bonds. The summed E-state index contributed by atoms with van der Waals surface area (Å²) in [6.45, 7) is 4.15. The highest BCUT2D eigenvalue weighted by Gasteiger charge is 2.29. The first-order valence-corrected chi connectivity index (χ1v) is 5.92. The Morgan fingerprint density at radius 3 is 2.86 bits per heavy atom. The van der Waals surface area contributed by atoms with Crippen LogP contribution in [0.2, 0.25) is 0 Å². The molecule has 1 atom stereocenters. The first-order chi connectivity index (χ1) is 6.81. The molecule has 0 bridgehead atoms. The average Bonchev–Trinajstić information content (AvgIpc) is 2.54. The van der Waals surface area contributed by atoms with Gasteiger partial charge in [-0.1, -0.05) is 0 Å². The van der Waals surface area contributed by atoms with Gasteiger partial charge in [0.25, 0.3) is 0 Å². The Bertz CT molecular complexity index is 222. The predicted molar refractivity (Wildman–Crippen MR) is 56.5 cm³/mol. The average molecular weight is 217 g/mol. The van der Waals surface area contributed by atoms with Crippen LogP contribution in [0.4, 0.5) is 0 Å². The van der Waals surface area contributed by atoms with Gasteiger partial charge in [0.05, 0.1) is 0 Å². The second-order valence-electron chi connectivity index (χ2n) is 4.16. The molecule has 14 heavy (non-hydrogen) atoms. The van der Waals surface area contributed by atoms with E-state index in [9.17, 15) is 4.79 Å². The van der Waals surface area contributed by atoms with Crippen molar-refractivity contribution in [2.75, 3.05) is 32.1 Å². The van der Waals surface area contributed by atoms with Gasteiger partial charge in [0.15, 0.2) is 0 Å². The standard InChI is InChI=1S/C10H17ClN2O/c11-7-10(14)13-6-2-5-12-4-1-3-9(12)8-13/h9H,1-8H2. The molecule has 0 aromatic rings. The van der Waals surface area contributed by atoms with Crippen molar-refractivity contribution in [2.45, 2.75) is 25.3 Å². The van der Waals surface area contributed by atoms with E-state index >= 15 is 0 Å². The van der Waals surface area contributed by atoms with E-state index in [0.717, 1.165) is 26.1 Å². The number of amides is 1. The van der Waals surface area contributed by atoms with Crippen molar-refractivity contribution in [3.63, 3.8) is 0 Å². The Labute approximate surface area is 90.0 Å². The predicted octanol–water partition coefficient (Wildman–Crippen LogP) is 0.922. The molecular weight excluding hydrogens is 200 g/mol. The van der Waals surface area contributed by atoms with Crippen molar-refractivity contribution >= 4 is 17.5 Å². The molecule has 0 N–H and O–H groups in total. The zero-order chi connectivity index (χ0) is 9.97. The summed E-state index contributed by atoms with van der Waals surface area (Å²) in [5.74, 6) is 0.229. The molecule has 2 rings (SSSR count). The Morgan fingerprint density at radius 2 is 2.07 bits per heavy atom. The van der Waals surface area contributed by atoms with Gasteiger partial charge in [-0.2, -0.15) is 0 Å². The topological polar surface area (TPSA) is 23.6 Å². The number of carbonyl (C=O) groups is 1. The van der Waals surface area contributed by atoms with E-state index in [1.54, 1.807) is 0 Å². The number of halogens is 1. The van der Waals surface area contributed by atoms with E-state index < -0.39 is 0 Å². The number of carbonyl (C=O) groups excluding carboxylic acids is 1. The van der Waals surface area contributed by atoms with Crippen LogP contribution in [0.5, 0.6) is 0 Å². The molecule has 2 aliphatic rings. The molecule has 1 unspecified atom stereocenters. The summed E-state index contributed by atoms with van der Waals surface area (Å²) >= 11 is 5.58. The number of alkyl halides is 1. The minimum atomic E-state index is 0.0976. The minimum Gasteiger partial charge on any atom is -0.340 e. The molecule has 80 valence electrons. The molecule has 2 aliphatic heterocycles. The second kappa shape index (κ2) is 4.49. The molecular formula is C10H17ClN2O. The van der Waals surface area contributed by atoms with Crippen LogP contribution in [0.1, 0.15) is 19.3 Å². The lowest BCUT2D eigenvalue weighted by Gasteiger charge is -2.25. The number of nitrogens with zero attached hydrogens (tertiary/aromatic N) is 2. The molecule has 2 heterocycles. The fourth-order valence-electron chi connectivity index (χ4n) is 2.52. The van der Waals surface area contributed by atoms with Gasteiger partial charge in [-0.3, -0.25) is 9.69 Å². The van der Waals surface area contributed by atoms with E-state index in [1.807, 2.05) is 4.90 Å². The summed E-state index contributed by atoms with van der Waals surface area (Å²) in [5, 5.41) is 0. The quantitative estimate of drug-likeness (QED) is 0.609. The van der Waals surface area contributed by atoms with Crippen molar-refractivity contribution in [2.24, 2.45) is 0 Å². The molecule has 0 radical (unpaired) electrons. The highest BCUT2D eigenvalue weighted by atomic mass is 35.5. The van der Waals surface area contributed by atoms with Gasteiger partial charge in [0, 0.05) is 25.7 Å². The molecule has 0 aromatic heterocycles. The summed E-state index contributed by atoms with van der Waals surface area (Å²) in [6.07, 6.45) is 3.62. The summed E-state index contributed by atoms with van der Waals surface area (Å²) in [4.78, 5) is 15.9. The van der Waals surface area contributed by atoms with Crippen LogP contribution in [0, 0.1) is 0 Å². The first kappa shape index (κ1) is 10.2. The Morgan fingerprint density at radius 1 is 1.29 bits per heavy atom. The van der Waals surface area contributed by atoms with Crippen molar-refractivity contribution in [1.82, 2.24) is 9.80 Å². The Kier molecular flexibility index (Phi) is 3.29. The first-order valence-electron chi connectivity index (χ1n) is 5.39. The van der Waals surface area contributed by atoms with E-state index in [-0.39, 0.29) is 11.8 Å². The molecule has 2 fully saturated rings. The van der Waals surface area contributed by atoms with Gasteiger partial charge in [-0.25, -0.2) is 0 Å². The van der Waals surface area contributed by atoms with Crippen LogP contribution in [0.15, 0.2) is 0 Å². The number of rotatable bonds is 1. The third-order valence-electron chi connectivity index (χ3n) is 3.27. The van der Waals surface area contributed by atoms with Gasteiger partial charge >= 0.3 is 0 Å². The lowest BCUT2D eigenvalue weighted by molar-refractivity contribution is -0.128. The normalized spacial score (nSPS) is 28.6. The fraction of sp³-hybridized carbons (Fsp3) is 0.900. The third kappa shape index (κ3) is 2.04. The van der Waals surface area contributed by atoms with Crippen molar-refractivity contribution in [1.29, 1.82) is 0 Å². The highest BCUT2D eigenvalue weighted by molar-refractivity contribution is 6.27. The monoisotopic (exact) mass is 216 g/mol. The maximum Gasteiger partial charge on any atom is 0.237 e. The molecule has 3 nitrogen and oxygen atoms in total. The molecule has 0 aromatic carbocycles. The molecule has 0 spiro atoms. The highest BCUT2D eigenvalue weighted by Crippen LogP contribution is 2.21. The van der Waals surface area contributed by atoms with Gasteiger partial charge < -0.3 is 4.90 Å². The molecule has 0 saturated carbocycles. The summed E-state index contributed by atoms with van der Waals surface area (Å²) in [5.41, 5.74) is 0. The Hall–Kier alpha value is -0.280. The van der Waals surface area contributed by atoms with Crippen LogP contribution in [0.25, 0.3) is 0 Å². The van der Waals surface area contributed by atoms with Crippen LogP contribution in [-0.4, -0.2) is 53.8 Å². The third-order valence-corrected chi connectivity index (χ3v) is 3.50. The zero-order valence-corrected chi connectivity index (χ0v) is 9.17. The molecule has 2 saturated heterocycles. The van der Waals surface area contributed by atoms with Gasteiger partial charge in [0.1, 0.15) is 5.88 Å². The number of hydrogen-bond donors (Lipinski definition) is 0. The van der Waals surface area contributed by atoms with E-state index in [4.69, 9.17) is 11.6 Å². The largest absolute Gasteiger partial charge is 0.340 e. The van der Waals surface area contributed by atoms with Crippen molar-refractivity contribution < 1.29 is 4.79 Å². The molecule has 0 aliphatic carbocycles. The SMILES string of the molecule is O=C(CCl)N1CCCN2CCCC2C1. The number of fused-ring (bicyclic) bond motifs is 1. The van der Waals surface area contributed by atoms with Crippen LogP contribution >= 0.6 is 11.6 Å². The van der Waals surface area contributed by atoms with E-state index in [0.29, 0.717) is 6.04 Å². The van der Waals surface area contributed by atoms with E-state index in [1.165, 1.54) is 19.4 Å². The molecule has 4 heteroatoms. The number of hydrogen-bond acceptors (Lipinski definition) is 2.